The SMILES string of the molecule is O=C(c1cccnc1)N1CC2(C1)[C@@H](c1ccccc1)[C@@H](CO)N2Cc1cccnc1. The zero-order valence-corrected chi connectivity index (χ0v) is 16.6. The Hall–Kier alpha value is -3.09. The minimum atomic E-state index is -0.178. The molecule has 6 heteroatoms. The lowest BCUT2D eigenvalue weighted by molar-refractivity contribution is -0.184. The van der Waals surface area contributed by atoms with Crippen LogP contribution in [0, 0.1) is 0 Å². The Balaban J connectivity index is 1.43. The minimum Gasteiger partial charge on any atom is -0.395 e. The average molecular weight is 400 g/mol. The van der Waals surface area contributed by atoms with Crippen molar-refractivity contribution < 1.29 is 9.90 Å². The summed E-state index contributed by atoms with van der Waals surface area (Å²) in [5.41, 5.74) is 2.76. The van der Waals surface area contributed by atoms with Gasteiger partial charge in [0.05, 0.1) is 17.7 Å². The van der Waals surface area contributed by atoms with Gasteiger partial charge in [0.15, 0.2) is 0 Å². The van der Waals surface area contributed by atoms with E-state index in [2.05, 4.69) is 33.1 Å². The Bertz CT molecular complexity index is 1010. The van der Waals surface area contributed by atoms with Gasteiger partial charge in [-0.15, -0.1) is 0 Å². The largest absolute Gasteiger partial charge is 0.395 e. The highest BCUT2D eigenvalue weighted by atomic mass is 16.3. The number of carbonyl (C=O) groups is 1. The van der Waals surface area contributed by atoms with Crippen molar-refractivity contribution in [3.8, 4) is 0 Å². The van der Waals surface area contributed by atoms with Crippen LogP contribution in [0.1, 0.15) is 27.4 Å². The molecule has 0 radical (unpaired) electrons. The number of aromatic nitrogens is 2. The summed E-state index contributed by atoms with van der Waals surface area (Å²) in [6, 6.07) is 17.9. The molecule has 0 aliphatic carbocycles. The normalized spacial score (nSPS) is 22.4. The standard InChI is InChI=1S/C24H24N4O2/c29-15-21-22(19-7-2-1-3-8-19)24(28(21)14-18-6-4-10-25-12-18)16-27(17-24)23(30)20-9-5-11-26-13-20/h1-13,21-22,29H,14-17H2/t21-,22+/m1/s1. The van der Waals surface area contributed by atoms with Crippen molar-refractivity contribution in [2.75, 3.05) is 19.7 Å². The molecule has 3 aromatic rings. The Kier molecular flexibility index (Phi) is 4.81. The maximum atomic E-state index is 12.9. The molecule has 1 amide bonds. The van der Waals surface area contributed by atoms with Crippen LogP contribution in [0.2, 0.25) is 0 Å². The van der Waals surface area contributed by atoms with E-state index in [4.69, 9.17) is 0 Å². The number of benzene rings is 1. The van der Waals surface area contributed by atoms with Crippen LogP contribution in [0.25, 0.3) is 0 Å². The van der Waals surface area contributed by atoms with Crippen molar-refractivity contribution in [1.29, 1.82) is 0 Å². The molecule has 2 fully saturated rings. The third kappa shape index (κ3) is 3.00. The molecule has 2 aliphatic rings. The van der Waals surface area contributed by atoms with Crippen LogP contribution in [-0.2, 0) is 6.54 Å². The van der Waals surface area contributed by atoms with Gasteiger partial charge in [0.25, 0.3) is 5.91 Å². The van der Waals surface area contributed by atoms with Crippen LogP contribution < -0.4 is 0 Å². The molecule has 6 nitrogen and oxygen atoms in total. The predicted octanol–water partition coefficient (Wildman–Crippen LogP) is 2.33. The first-order valence-electron chi connectivity index (χ1n) is 10.2. The van der Waals surface area contributed by atoms with E-state index in [-0.39, 0.29) is 30.0 Å². The fraction of sp³-hybridized carbons (Fsp3) is 0.292. The van der Waals surface area contributed by atoms with E-state index in [1.54, 1.807) is 30.7 Å². The summed E-state index contributed by atoms with van der Waals surface area (Å²) < 4.78 is 0. The number of pyridine rings is 2. The summed E-state index contributed by atoms with van der Waals surface area (Å²) in [5, 5.41) is 10.2. The maximum Gasteiger partial charge on any atom is 0.255 e. The highest BCUT2D eigenvalue weighted by Gasteiger charge is 2.66. The molecule has 30 heavy (non-hydrogen) atoms. The summed E-state index contributed by atoms with van der Waals surface area (Å²) in [5.74, 6) is 0.188. The number of likely N-dealkylation sites (tertiary alicyclic amines) is 2. The molecule has 2 atom stereocenters. The number of carbonyl (C=O) groups excluding carboxylic acids is 1. The first kappa shape index (κ1) is 18.9. The number of hydrogen-bond acceptors (Lipinski definition) is 5. The van der Waals surface area contributed by atoms with E-state index in [9.17, 15) is 9.90 Å². The number of amides is 1. The van der Waals surface area contributed by atoms with E-state index >= 15 is 0 Å². The lowest BCUT2D eigenvalue weighted by Gasteiger charge is -2.70. The monoisotopic (exact) mass is 400 g/mol. The summed E-state index contributed by atoms with van der Waals surface area (Å²) in [7, 11) is 0. The van der Waals surface area contributed by atoms with Crippen LogP contribution in [-0.4, -0.2) is 62.1 Å². The Morgan fingerprint density at radius 1 is 1.00 bits per heavy atom. The van der Waals surface area contributed by atoms with Crippen molar-refractivity contribution >= 4 is 5.91 Å². The van der Waals surface area contributed by atoms with Crippen LogP contribution in [0.5, 0.6) is 0 Å². The summed E-state index contributed by atoms with van der Waals surface area (Å²) in [6.45, 7) is 2.06. The van der Waals surface area contributed by atoms with Gasteiger partial charge in [0, 0.05) is 56.4 Å². The van der Waals surface area contributed by atoms with E-state index in [0.29, 0.717) is 25.2 Å². The number of hydrogen-bond donors (Lipinski definition) is 1. The molecule has 2 aromatic heterocycles. The van der Waals surface area contributed by atoms with Gasteiger partial charge >= 0.3 is 0 Å². The fourth-order valence-corrected chi connectivity index (χ4v) is 5.13. The summed E-state index contributed by atoms with van der Waals surface area (Å²) >= 11 is 0. The van der Waals surface area contributed by atoms with Gasteiger partial charge in [0.2, 0.25) is 0 Å². The second-order valence-corrected chi connectivity index (χ2v) is 8.13. The van der Waals surface area contributed by atoms with Crippen LogP contribution in [0.15, 0.2) is 79.4 Å². The first-order valence-corrected chi connectivity index (χ1v) is 10.2. The highest BCUT2D eigenvalue weighted by Crippen LogP contribution is 2.54. The predicted molar refractivity (Wildman–Crippen MR) is 113 cm³/mol. The van der Waals surface area contributed by atoms with Crippen LogP contribution in [0.4, 0.5) is 0 Å². The van der Waals surface area contributed by atoms with Crippen molar-refractivity contribution in [3.05, 3.63) is 96.1 Å². The molecule has 0 bridgehead atoms. The quantitative estimate of drug-likeness (QED) is 0.712. The van der Waals surface area contributed by atoms with Crippen molar-refractivity contribution in [3.63, 3.8) is 0 Å². The Morgan fingerprint density at radius 2 is 1.73 bits per heavy atom. The van der Waals surface area contributed by atoms with Crippen LogP contribution >= 0.6 is 0 Å². The Morgan fingerprint density at radius 3 is 2.37 bits per heavy atom. The summed E-state index contributed by atoms with van der Waals surface area (Å²) in [6.07, 6.45) is 6.93. The second kappa shape index (κ2) is 7.63. The molecular formula is C24H24N4O2. The first-order chi connectivity index (χ1) is 14.7. The minimum absolute atomic E-state index is 0.00862. The summed E-state index contributed by atoms with van der Waals surface area (Å²) in [4.78, 5) is 25.5. The highest BCUT2D eigenvalue weighted by molar-refractivity contribution is 5.94. The van der Waals surface area contributed by atoms with Gasteiger partial charge in [-0.05, 0) is 29.3 Å². The van der Waals surface area contributed by atoms with E-state index in [1.807, 2.05) is 35.4 Å². The molecular weight excluding hydrogens is 376 g/mol. The van der Waals surface area contributed by atoms with Gasteiger partial charge in [0.1, 0.15) is 0 Å². The van der Waals surface area contributed by atoms with Crippen molar-refractivity contribution in [1.82, 2.24) is 19.8 Å². The number of nitrogens with zero attached hydrogens (tertiary/aromatic N) is 4. The van der Waals surface area contributed by atoms with Crippen molar-refractivity contribution in [2.45, 2.75) is 24.0 Å². The average Bonchev–Trinajstić information content (AvgIpc) is 2.77. The van der Waals surface area contributed by atoms with Crippen LogP contribution in [0.3, 0.4) is 0 Å². The Labute approximate surface area is 175 Å². The number of rotatable bonds is 5. The van der Waals surface area contributed by atoms with Gasteiger partial charge in [-0.2, -0.15) is 0 Å². The van der Waals surface area contributed by atoms with E-state index in [1.165, 1.54) is 5.56 Å². The van der Waals surface area contributed by atoms with Gasteiger partial charge in [-0.3, -0.25) is 19.7 Å². The third-order valence-corrected chi connectivity index (χ3v) is 6.48. The molecule has 0 saturated carbocycles. The number of aliphatic hydroxyl groups is 1. The molecule has 1 aromatic carbocycles. The van der Waals surface area contributed by atoms with Gasteiger partial charge < -0.3 is 10.0 Å². The van der Waals surface area contributed by atoms with Gasteiger partial charge in [-0.1, -0.05) is 36.4 Å². The number of aliphatic hydroxyl groups excluding tert-OH is 1. The molecule has 2 aliphatic heterocycles. The molecule has 1 spiro atoms. The van der Waals surface area contributed by atoms with Crippen molar-refractivity contribution in [2.24, 2.45) is 0 Å². The molecule has 4 heterocycles. The fourth-order valence-electron chi connectivity index (χ4n) is 5.13. The molecule has 2 saturated heterocycles. The molecule has 1 N–H and O–H groups in total. The molecule has 0 unspecified atom stereocenters. The third-order valence-electron chi connectivity index (χ3n) is 6.48. The van der Waals surface area contributed by atoms with E-state index < -0.39 is 0 Å². The smallest absolute Gasteiger partial charge is 0.255 e. The lowest BCUT2D eigenvalue weighted by atomic mass is 9.60. The maximum absolute atomic E-state index is 12.9. The van der Waals surface area contributed by atoms with E-state index in [0.717, 1.165) is 5.56 Å². The lowest BCUT2D eigenvalue weighted by Crippen LogP contribution is -2.84. The second-order valence-electron chi connectivity index (χ2n) is 8.13. The zero-order valence-electron chi connectivity index (χ0n) is 16.6. The topological polar surface area (TPSA) is 69.6 Å². The zero-order chi connectivity index (χ0) is 20.6. The molecule has 152 valence electrons. The molecule has 5 rings (SSSR count). The van der Waals surface area contributed by atoms with Gasteiger partial charge in [-0.25, -0.2) is 0 Å².